The van der Waals surface area contributed by atoms with E-state index < -0.39 is 5.97 Å². The number of aryl methyl sites for hydroxylation is 1. The lowest BCUT2D eigenvalue weighted by atomic mass is 10.1. The van der Waals surface area contributed by atoms with Crippen LogP contribution in [0, 0.1) is 0 Å². The number of rotatable bonds is 8. The minimum Gasteiger partial charge on any atom is -0.493 e. The predicted octanol–water partition coefficient (Wildman–Crippen LogP) is 3.13. The molecule has 1 fully saturated rings. The number of imidazole rings is 1. The van der Waals surface area contributed by atoms with Crippen molar-refractivity contribution in [3.63, 3.8) is 0 Å². The molecular weight excluding hydrogens is 462 g/mol. The van der Waals surface area contributed by atoms with E-state index in [2.05, 4.69) is 15.3 Å². The minimum absolute atomic E-state index is 0.131. The third kappa shape index (κ3) is 4.36. The average molecular weight is 492 g/mol. The fourth-order valence-corrected chi connectivity index (χ4v) is 4.81. The maximum Gasteiger partial charge on any atom is 0.360 e. The molecular formula is C25H29N7O4. The van der Waals surface area contributed by atoms with Crippen molar-refractivity contribution in [1.82, 2.24) is 34.6 Å². The molecule has 0 saturated heterocycles. The van der Waals surface area contributed by atoms with Gasteiger partial charge in [0.1, 0.15) is 11.6 Å². The molecule has 188 valence electrons. The Morgan fingerprint density at radius 1 is 1.22 bits per heavy atom. The van der Waals surface area contributed by atoms with Crippen LogP contribution in [0.3, 0.4) is 0 Å². The maximum atomic E-state index is 13.3. The van der Waals surface area contributed by atoms with Gasteiger partial charge in [-0.05, 0) is 43.9 Å². The van der Waals surface area contributed by atoms with Gasteiger partial charge in [-0.3, -0.25) is 4.79 Å². The highest BCUT2D eigenvalue weighted by atomic mass is 16.5. The van der Waals surface area contributed by atoms with Gasteiger partial charge in [0.2, 0.25) is 0 Å². The van der Waals surface area contributed by atoms with Crippen molar-refractivity contribution in [3.05, 3.63) is 57.5 Å². The Balaban J connectivity index is 1.59. The highest BCUT2D eigenvalue weighted by molar-refractivity contribution is 5.86. The van der Waals surface area contributed by atoms with Gasteiger partial charge in [0.25, 0.3) is 5.56 Å². The van der Waals surface area contributed by atoms with Gasteiger partial charge in [-0.2, -0.15) is 0 Å². The van der Waals surface area contributed by atoms with Crippen LogP contribution in [-0.4, -0.2) is 54.3 Å². The molecule has 1 aromatic carbocycles. The lowest BCUT2D eigenvalue weighted by molar-refractivity contribution is 0.0594. The van der Waals surface area contributed by atoms with Gasteiger partial charge in [-0.15, -0.1) is 10.2 Å². The van der Waals surface area contributed by atoms with E-state index in [9.17, 15) is 9.59 Å². The van der Waals surface area contributed by atoms with Crippen LogP contribution in [0.4, 0.5) is 0 Å². The largest absolute Gasteiger partial charge is 0.493 e. The van der Waals surface area contributed by atoms with Crippen LogP contribution < -0.4 is 10.3 Å². The van der Waals surface area contributed by atoms with Gasteiger partial charge in [0.05, 0.1) is 37.7 Å². The maximum absolute atomic E-state index is 13.3. The Morgan fingerprint density at radius 3 is 2.75 bits per heavy atom. The summed E-state index contributed by atoms with van der Waals surface area (Å²) in [7, 11) is 1.30. The SMILES string of the molecule is CCOc1ccc(Cn2cc(C(=O)OC)nn2)cc1-c1nn2c(C3CCCC3)nc(CC)c2c(=O)[nH]1. The van der Waals surface area contributed by atoms with Crippen LogP contribution in [0.2, 0.25) is 0 Å². The highest BCUT2D eigenvalue weighted by Gasteiger charge is 2.26. The number of benzene rings is 1. The number of ether oxygens (including phenoxy) is 2. The number of fused-ring (bicyclic) bond motifs is 1. The average Bonchev–Trinajstić information content (AvgIpc) is 3.64. The smallest absolute Gasteiger partial charge is 0.360 e. The number of H-pyrrole nitrogens is 1. The minimum atomic E-state index is -0.548. The lowest BCUT2D eigenvalue weighted by Crippen LogP contribution is -2.17. The second-order valence-corrected chi connectivity index (χ2v) is 8.87. The number of hydrogen-bond donors (Lipinski definition) is 1. The van der Waals surface area contributed by atoms with E-state index in [4.69, 9.17) is 19.6 Å². The molecule has 3 heterocycles. The molecule has 1 aliphatic rings. The zero-order valence-corrected chi connectivity index (χ0v) is 20.7. The van der Waals surface area contributed by atoms with E-state index in [1.807, 2.05) is 32.0 Å². The van der Waals surface area contributed by atoms with Crippen molar-refractivity contribution in [2.45, 2.75) is 58.4 Å². The quantitative estimate of drug-likeness (QED) is 0.372. The van der Waals surface area contributed by atoms with Crippen LogP contribution in [0.25, 0.3) is 16.9 Å². The molecule has 1 saturated carbocycles. The summed E-state index contributed by atoms with van der Waals surface area (Å²) in [5.41, 5.74) is 2.71. The van der Waals surface area contributed by atoms with Crippen LogP contribution in [0.15, 0.2) is 29.2 Å². The van der Waals surface area contributed by atoms with Crippen LogP contribution in [0.5, 0.6) is 5.75 Å². The number of methoxy groups -OCH3 is 1. The Labute approximate surface area is 207 Å². The Bertz CT molecular complexity index is 1460. The zero-order valence-electron chi connectivity index (χ0n) is 20.7. The van der Waals surface area contributed by atoms with Gasteiger partial charge in [0.15, 0.2) is 17.0 Å². The third-order valence-electron chi connectivity index (χ3n) is 6.53. The monoisotopic (exact) mass is 491 g/mol. The molecule has 0 atom stereocenters. The van der Waals surface area contributed by atoms with Crippen molar-refractivity contribution >= 4 is 11.5 Å². The Kier molecular flexibility index (Phi) is 6.53. The Hall–Kier alpha value is -4.02. The Morgan fingerprint density at radius 2 is 2.03 bits per heavy atom. The molecule has 4 aromatic rings. The van der Waals surface area contributed by atoms with Gasteiger partial charge in [0, 0.05) is 5.92 Å². The molecule has 0 aliphatic heterocycles. The first-order valence-electron chi connectivity index (χ1n) is 12.3. The number of nitrogens with zero attached hydrogens (tertiary/aromatic N) is 6. The molecule has 11 heteroatoms. The first-order valence-corrected chi connectivity index (χ1v) is 12.3. The van der Waals surface area contributed by atoms with Crippen molar-refractivity contribution in [3.8, 4) is 17.1 Å². The molecule has 0 amide bonds. The summed E-state index contributed by atoms with van der Waals surface area (Å²) < 4.78 is 13.9. The summed E-state index contributed by atoms with van der Waals surface area (Å²) in [4.78, 5) is 32.8. The van der Waals surface area contributed by atoms with E-state index in [1.165, 1.54) is 13.3 Å². The van der Waals surface area contributed by atoms with Crippen LogP contribution in [-0.2, 0) is 17.7 Å². The molecule has 3 aromatic heterocycles. The normalized spacial score (nSPS) is 14.0. The molecule has 1 aliphatic carbocycles. The lowest BCUT2D eigenvalue weighted by Gasteiger charge is -2.13. The summed E-state index contributed by atoms with van der Waals surface area (Å²) in [6.07, 6.45) is 6.61. The zero-order chi connectivity index (χ0) is 25.2. The number of carbonyl (C=O) groups is 1. The highest BCUT2D eigenvalue weighted by Crippen LogP contribution is 2.34. The van der Waals surface area contributed by atoms with Crippen molar-refractivity contribution in [2.75, 3.05) is 13.7 Å². The number of nitrogens with one attached hydrogen (secondary N) is 1. The van der Waals surface area contributed by atoms with Crippen molar-refractivity contribution < 1.29 is 14.3 Å². The molecule has 5 rings (SSSR count). The third-order valence-corrected chi connectivity index (χ3v) is 6.53. The second kappa shape index (κ2) is 9.92. The molecule has 0 bridgehead atoms. The topological polar surface area (TPSA) is 129 Å². The van der Waals surface area contributed by atoms with Crippen LogP contribution in [0.1, 0.15) is 73.0 Å². The number of hydrogen-bond acceptors (Lipinski definition) is 8. The molecule has 36 heavy (non-hydrogen) atoms. The summed E-state index contributed by atoms with van der Waals surface area (Å²) >= 11 is 0. The van der Waals surface area contributed by atoms with Gasteiger partial charge >= 0.3 is 5.97 Å². The van der Waals surface area contributed by atoms with E-state index in [-0.39, 0.29) is 11.3 Å². The summed E-state index contributed by atoms with van der Waals surface area (Å²) in [6.45, 7) is 4.72. The van der Waals surface area contributed by atoms with Crippen molar-refractivity contribution in [2.24, 2.45) is 0 Å². The number of aromatic amines is 1. The first kappa shape index (κ1) is 23.7. The molecule has 0 radical (unpaired) electrons. The molecule has 1 N–H and O–H groups in total. The number of esters is 1. The van der Waals surface area contributed by atoms with Gasteiger partial charge in [-0.1, -0.05) is 31.0 Å². The number of carbonyl (C=O) groups excluding carboxylic acids is 1. The summed E-state index contributed by atoms with van der Waals surface area (Å²) in [6, 6.07) is 5.66. The van der Waals surface area contributed by atoms with Crippen molar-refractivity contribution in [1.29, 1.82) is 0 Å². The second-order valence-electron chi connectivity index (χ2n) is 8.87. The van der Waals surface area contributed by atoms with E-state index in [0.717, 1.165) is 42.8 Å². The first-order chi connectivity index (χ1) is 17.5. The van der Waals surface area contributed by atoms with E-state index >= 15 is 0 Å². The number of aromatic nitrogens is 7. The van der Waals surface area contributed by atoms with E-state index in [0.29, 0.717) is 48.1 Å². The molecule has 0 unspecified atom stereocenters. The fraction of sp³-hybridized carbons (Fsp3) is 0.440. The summed E-state index contributed by atoms with van der Waals surface area (Å²) in [5.74, 6) is 1.63. The molecule has 0 spiro atoms. The molecule has 11 nitrogen and oxygen atoms in total. The van der Waals surface area contributed by atoms with Crippen LogP contribution >= 0.6 is 0 Å². The van der Waals surface area contributed by atoms with Gasteiger partial charge < -0.3 is 14.5 Å². The fourth-order valence-electron chi connectivity index (χ4n) is 4.81. The summed E-state index contributed by atoms with van der Waals surface area (Å²) in [5, 5.41) is 12.7. The van der Waals surface area contributed by atoms with E-state index in [1.54, 1.807) is 9.20 Å². The standard InChI is InChI=1S/C25H29N7O4/c1-4-18-21-24(33)27-22(29-32(21)23(26-18)16-8-6-7-9-16)17-12-15(10-11-20(17)36-5-2)13-31-14-19(28-30-31)25(34)35-3/h10-12,14,16H,4-9,13H2,1-3H3,(H,27,29,33). The predicted molar refractivity (Wildman–Crippen MR) is 131 cm³/mol. The van der Waals surface area contributed by atoms with Gasteiger partial charge in [-0.25, -0.2) is 19.0 Å².